The van der Waals surface area contributed by atoms with Gasteiger partial charge in [-0.2, -0.15) is 0 Å². The highest BCUT2D eigenvalue weighted by atomic mass is 19.1. The summed E-state index contributed by atoms with van der Waals surface area (Å²) in [7, 11) is 0. The maximum Gasteiger partial charge on any atom is 0.230 e. The van der Waals surface area contributed by atoms with Crippen LogP contribution in [-0.4, -0.2) is 48.4 Å². The van der Waals surface area contributed by atoms with E-state index in [1.165, 1.54) is 24.5 Å². The van der Waals surface area contributed by atoms with Gasteiger partial charge in [-0.1, -0.05) is 79.7 Å². The molecule has 2 fully saturated rings. The van der Waals surface area contributed by atoms with Crippen LogP contribution in [-0.2, 0) is 11.2 Å². The fourth-order valence-electron chi connectivity index (χ4n) is 6.46. The molecule has 0 bridgehead atoms. The third-order valence-electron chi connectivity index (χ3n) is 8.50. The number of amides is 1. The maximum atomic E-state index is 14.2. The summed E-state index contributed by atoms with van der Waals surface area (Å²) < 4.78 is 14.2. The quantitative estimate of drug-likeness (QED) is 0.353. The van der Waals surface area contributed by atoms with E-state index in [9.17, 15) is 9.18 Å². The SMILES string of the molecule is CCC(C(=O)N1CC(CN2CCC(Cc3ccccc3)CC2)C(c2cccc(F)c2)C1)c1ccccc1. The van der Waals surface area contributed by atoms with Crippen LogP contribution in [0.25, 0.3) is 0 Å². The van der Waals surface area contributed by atoms with Crippen LogP contribution in [0.15, 0.2) is 84.9 Å². The molecule has 3 aromatic rings. The normalized spacial score (nSPS) is 21.7. The lowest BCUT2D eigenvalue weighted by atomic mass is 9.86. The largest absolute Gasteiger partial charge is 0.341 e. The number of carbonyl (C=O) groups excluding carboxylic acids is 1. The number of rotatable bonds is 8. The minimum atomic E-state index is -0.196. The van der Waals surface area contributed by atoms with E-state index in [1.54, 1.807) is 12.1 Å². The van der Waals surface area contributed by atoms with Gasteiger partial charge in [-0.05, 0) is 79.4 Å². The Kier molecular flexibility index (Phi) is 8.35. The van der Waals surface area contributed by atoms with Gasteiger partial charge in [0.05, 0.1) is 5.92 Å². The molecule has 0 N–H and O–H groups in total. The number of nitrogens with zero attached hydrogens (tertiary/aromatic N) is 2. The highest BCUT2D eigenvalue weighted by molar-refractivity contribution is 5.84. The van der Waals surface area contributed by atoms with Gasteiger partial charge in [0, 0.05) is 25.6 Å². The molecule has 3 aromatic carbocycles. The number of carbonyl (C=O) groups is 1. The van der Waals surface area contributed by atoms with Gasteiger partial charge in [0.15, 0.2) is 0 Å². The molecule has 2 aliphatic heterocycles. The summed E-state index contributed by atoms with van der Waals surface area (Å²) >= 11 is 0. The first-order chi connectivity index (χ1) is 18.1. The molecule has 3 unspecified atom stereocenters. The van der Waals surface area contributed by atoms with Gasteiger partial charge >= 0.3 is 0 Å². The summed E-state index contributed by atoms with van der Waals surface area (Å²) in [4.78, 5) is 18.4. The summed E-state index contributed by atoms with van der Waals surface area (Å²) in [5, 5.41) is 0. The summed E-state index contributed by atoms with van der Waals surface area (Å²) in [6.45, 7) is 6.66. The van der Waals surface area contributed by atoms with E-state index in [0.29, 0.717) is 12.5 Å². The fraction of sp³-hybridized carbons (Fsp3) is 0.424. The molecule has 3 atom stereocenters. The van der Waals surface area contributed by atoms with E-state index in [1.807, 2.05) is 24.3 Å². The summed E-state index contributed by atoms with van der Waals surface area (Å²) in [6.07, 6.45) is 4.36. The van der Waals surface area contributed by atoms with Gasteiger partial charge in [-0.15, -0.1) is 0 Å². The van der Waals surface area contributed by atoms with E-state index in [4.69, 9.17) is 0 Å². The smallest absolute Gasteiger partial charge is 0.230 e. The molecular formula is C33H39FN2O. The molecule has 0 spiro atoms. The lowest BCUT2D eigenvalue weighted by Gasteiger charge is -2.34. The molecule has 2 saturated heterocycles. The number of halogens is 1. The van der Waals surface area contributed by atoms with Crippen LogP contribution < -0.4 is 0 Å². The molecular weight excluding hydrogens is 459 g/mol. The maximum absolute atomic E-state index is 14.2. The van der Waals surface area contributed by atoms with Crippen molar-refractivity contribution in [3.63, 3.8) is 0 Å². The van der Waals surface area contributed by atoms with Crippen LogP contribution in [0, 0.1) is 17.7 Å². The average molecular weight is 499 g/mol. The highest BCUT2D eigenvalue weighted by Crippen LogP contribution is 2.36. The monoisotopic (exact) mass is 498 g/mol. The molecule has 5 rings (SSSR count). The predicted octanol–water partition coefficient (Wildman–Crippen LogP) is 6.52. The first-order valence-electron chi connectivity index (χ1n) is 14.0. The van der Waals surface area contributed by atoms with Gasteiger partial charge in [0.25, 0.3) is 0 Å². The molecule has 3 nitrogen and oxygen atoms in total. The van der Waals surface area contributed by atoms with Crippen LogP contribution in [0.3, 0.4) is 0 Å². The van der Waals surface area contributed by atoms with Gasteiger partial charge in [0.2, 0.25) is 5.91 Å². The zero-order valence-electron chi connectivity index (χ0n) is 21.9. The van der Waals surface area contributed by atoms with Crippen molar-refractivity contribution >= 4 is 5.91 Å². The summed E-state index contributed by atoms with van der Waals surface area (Å²) in [6, 6.07) is 28.0. The standard InChI is InChI=1S/C33H39FN2O/c1-2-31(27-12-7-4-8-13-27)33(37)36-23-29(32(24-36)28-14-9-15-30(34)21-28)22-35-18-16-26(17-19-35)20-25-10-5-3-6-11-25/h3-15,21,26,29,31-32H,2,16-20,22-24H2,1H3. The summed E-state index contributed by atoms with van der Waals surface area (Å²) in [5.74, 6) is 1.09. The molecule has 0 aromatic heterocycles. The fourth-order valence-corrected chi connectivity index (χ4v) is 6.46. The Bertz CT molecular complexity index is 1140. The molecule has 194 valence electrons. The van der Waals surface area contributed by atoms with Gasteiger partial charge in [-0.3, -0.25) is 4.79 Å². The number of piperidine rings is 1. The van der Waals surface area contributed by atoms with E-state index in [0.717, 1.165) is 56.1 Å². The van der Waals surface area contributed by atoms with Crippen molar-refractivity contribution < 1.29 is 9.18 Å². The zero-order chi connectivity index (χ0) is 25.6. The second-order valence-electron chi connectivity index (χ2n) is 11.0. The number of hydrogen-bond acceptors (Lipinski definition) is 2. The van der Waals surface area contributed by atoms with Crippen molar-refractivity contribution in [3.05, 3.63) is 107 Å². The second-order valence-corrected chi connectivity index (χ2v) is 11.0. The van der Waals surface area contributed by atoms with Crippen LogP contribution >= 0.6 is 0 Å². The Morgan fingerprint density at radius 1 is 0.919 bits per heavy atom. The number of hydrogen-bond donors (Lipinski definition) is 0. The van der Waals surface area contributed by atoms with Crippen LogP contribution in [0.4, 0.5) is 4.39 Å². The topological polar surface area (TPSA) is 23.6 Å². The lowest BCUT2D eigenvalue weighted by Crippen LogP contribution is -2.39. The Labute approximate surface area is 221 Å². The van der Waals surface area contributed by atoms with E-state index in [2.05, 4.69) is 59.2 Å². The van der Waals surface area contributed by atoms with Crippen molar-refractivity contribution in [2.24, 2.45) is 11.8 Å². The molecule has 0 saturated carbocycles. The Morgan fingerprint density at radius 2 is 1.62 bits per heavy atom. The van der Waals surface area contributed by atoms with Gasteiger partial charge in [-0.25, -0.2) is 4.39 Å². The summed E-state index contributed by atoms with van der Waals surface area (Å²) in [5.41, 5.74) is 3.54. The van der Waals surface area contributed by atoms with E-state index in [-0.39, 0.29) is 23.6 Å². The molecule has 0 aliphatic carbocycles. The Balaban J connectivity index is 1.27. The third-order valence-corrected chi connectivity index (χ3v) is 8.50. The van der Waals surface area contributed by atoms with Crippen LogP contribution in [0.5, 0.6) is 0 Å². The first-order valence-corrected chi connectivity index (χ1v) is 14.0. The molecule has 37 heavy (non-hydrogen) atoms. The highest BCUT2D eigenvalue weighted by Gasteiger charge is 2.39. The van der Waals surface area contributed by atoms with Crippen molar-refractivity contribution in [3.8, 4) is 0 Å². The van der Waals surface area contributed by atoms with Crippen molar-refractivity contribution in [1.29, 1.82) is 0 Å². The molecule has 2 heterocycles. The molecule has 1 amide bonds. The van der Waals surface area contributed by atoms with Gasteiger partial charge in [0.1, 0.15) is 5.82 Å². The predicted molar refractivity (Wildman–Crippen MR) is 148 cm³/mol. The van der Waals surface area contributed by atoms with Crippen LogP contribution in [0.2, 0.25) is 0 Å². The second kappa shape index (κ2) is 12.0. The van der Waals surface area contributed by atoms with Crippen molar-refractivity contribution in [2.45, 2.75) is 44.4 Å². The zero-order valence-corrected chi connectivity index (χ0v) is 21.9. The van der Waals surface area contributed by atoms with E-state index < -0.39 is 0 Å². The number of likely N-dealkylation sites (tertiary alicyclic amines) is 2. The van der Waals surface area contributed by atoms with Gasteiger partial charge < -0.3 is 9.80 Å². The van der Waals surface area contributed by atoms with E-state index >= 15 is 0 Å². The van der Waals surface area contributed by atoms with Crippen molar-refractivity contribution in [1.82, 2.24) is 9.80 Å². The lowest BCUT2D eigenvalue weighted by molar-refractivity contribution is -0.132. The third kappa shape index (κ3) is 6.30. The first kappa shape index (κ1) is 25.7. The molecule has 0 radical (unpaired) electrons. The Morgan fingerprint density at radius 3 is 2.30 bits per heavy atom. The van der Waals surface area contributed by atoms with Crippen LogP contribution in [0.1, 0.15) is 54.7 Å². The Hall–Kier alpha value is -2.98. The minimum absolute atomic E-state index is 0.123. The molecule has 4 heteroatoms. The minimum Gasteiger partial charge on any atom is -0.341 e. The average Bonchev–Trinajstić information content (AvgIpc) is 3.35. The van der Waals surface area contributed by atoms with Crippen molar-refractivity contribution in [2.75, 3.05) is 32.7 Å². The molecule has 2 aliphatic rings. The number of benzene rings is 3.